The molecule has 0 aliphatic carbocycles. The van der Waals surface area contributed by atoms with E-state index in [2.05, 4.69) is 19.2 Å². The van der Waals surface area contributed by atoms with Crippen molar-refractivity contribution in [3.8, 4) is 0 Å². The molecule has 1 aliphatic rings. The number of piperidine rings is 1. The lowest BCUT2D eigenvalue weighted by atomic mass is 10.0. The van der Waals surface area contributed by atoms with E-state index in [1.165, 1.54) is 30.6 Å². The van der Waals surface area contributed by atoms with E-state index in [1.54, 1.807) is 0 Å². The van der Waals surface area contributed by atoms with Crippen molar-refractivity contribution in [1.82, 2.24) is 10.2 Å². The van der Waals surface area contributed by atoms with Crippen molar-refractivity contribution in [3.63, 3.8) is 0 Å². The van der Waals surface area contributed by atoms with Gasteiger partial charge >= 0.3 is 0 Å². The quantitative estimate of drug-likeness (QED) is 0.909. The first kappa shape index (κ1) is 13.6. The summed E-state index contributed by atoms with van der Waals surface area (Å²) in [6, 6.07) is 4.57. The fourth-order valence-electron chi connectivity index (χ4n) is 2.39. The predicted octanol–water partition coefficient (Wildman–Crippen LogP) is 2.74. The van der Waals surface area contributed by atoms with E-state index in [0.29, 0.717) is 6.04 Å². The van der Waals surface area contributed by atoms with Crippen LogP contribution < -0.4 is 5.32 Å². The molecule has 100 valence electrons. The Balaban J connectivity index is 2.01. The Labute approximate surface area is 113 Å². The van der Waals surface area contributed by atoms with Gasteiger partial charge in [-0.3, -0.25) is 4.79 Å². The number of carbonyl (C=O) groups excluding carboxylic acids is 1. The van der Waals surface area contributed by atoms with E-state index >= 15 is 0 Å². The van der Waals surface area contributed by atoms with Gasteiger partial charge in [0.15, 0.2) is 0 Å². The molecule has 1 aromatic heterocycles. The van der Waals surface area contributed by atoms with Gasteiger partial charge in [-0.2, -0.15) is 0 Å². The molecule has 0 spiro atoms. The second-order valence-corrected chi connectivity index (χ2v) is 6.12. The van der Waals surface area contributed by atoms with Crippen molar-refractivity contribution in [2.24, 2.45) is 0 Å². The van der Waals surface area contributed by atoms with E-state index < -0.39 is 0 Å². The Morgan fingerprint density at radius 3 is 2.94 bits per heavy atom. The van der Waals surface area contributed by atoms with Crippen molar-refractivity contribution in [3.05, 3.63) is 22.4 Å². The lowest BCUT2D eigenvalue weighted by molar-refractivity contribution is 0.0682. The fraction of sp³-hybridized carbons (Fsp3) is 0.643. The zero-order valence-corrected chi connectivity index (χ0v) is 12.0. The van der Waals surface area contributed by atoms with Gasteiger partial charge in [-0.15, -0.1) is 11.3 Å². The highest BCUT2D eigenvalue weighted by molar-refractivity contribution is 7.12. The Kier molecular flexibility index (Phi) is 4.78. The number of carbonyl (C=O) groups is 1. The van der Waals surface area contributed by atoms with Gasteiger partial charge in [0.25, 0.3) is 5.91 Å². The highest BCUT2D eigenvalue weighted by Gasteiger charge is 2.23. The van der Waals surface area contributed by atoms with Gasteiger partial charge < -0.3 is 10.2 Å². The lowest BCUT2D eigenvalue weighted by Crippen LogP contribution is -2.48. The molecule has 3 nitrogen and oxygen atoms in total. The number of hydrogen-bond donors (Lipinski definition) is 1. The van der Waals surface area contributed by atoms with Crippen LogP contribution in [0.1, 0.15) is 42.8 Å². The highest BCUT2D eigenvalue weighted by Crippen LogP contribution is 2.16. The fourth-order valence-corrected chi connectivity index (χ4v) is 3.07. The van der Waals surface area contributed by atoms with E-state index in [-0.39, 0.29) is 11.9 Å². The molecule has 0 aromatic carbocycles. The minimum atomic E-state index is 0.173. The molecule has 0 saturated carbocycles. The molecular formula is C14H22N2OS. The molecular weight excluding hydrogens is 244 g/mol. The molecule has 1 saturated heterocycles. The third-order valence-corrected chi connectivity index (χ3v) is 4.30. The summed E-state index contributed by atoms with van der Waals surface area (Å²) in [7, 11) is 0. The van der Waals surface area contributed by atoms with Gasteiger partial charge in [0.1, 0.15) is 0 Å². The molecule has 4 heteroatoms. The maximum atomic E-state index is 12.4. The summed E-state index contributed by atoms with van der Waals surface area (Å²) in [5.41, 5.74) is 0. The Morgan fingerprint density at radius 2 is 2.39 bits per heavy atom. The molecule has 0 bridgehead atoms. The first-order chi connectivity index (χ1) is 8.68. The van der Waals surface area contributed by atoms with E-state index in [1.807, 2.05) is 22.4 Å². The van der Waals surface area contributed by atoms with Crippen molar-refractivity contribution >= 4 is 17.2 Å². The molecule has 1 amide bonds. The Morgan fingerprint density at radius 1 is 1.56 bits per heavy atom. The van der Waals surface area contributed by atoms with Crippen LogP contribution in [0.5, 0.6) is 0 Å². The number of thiophene rings is 1. The summed E-state index contributed by atoms with van der Waals surface area (Å²) in [6.07, 6.45) is 3.72. The lowest BCUT2D eigenvalue weighted by Gasteiger charge is -2.33. The van der Waals surface area contributed by atoms with Crippen molar-refractivity contribution in [2.45, 2.75) is 45.2 Å². The third-order valence-electron chi connectivity index (χ3n) is 3.45. The molecule has 1 N–H and O–H groups in total. The van der Waals surface area contributed by atoms with E-state index in [0.717, 1.165) is 18.0 Å². The number of amides is 1. The monoisotopic (exact) mass is 266 g/mol. The van der Waals surface area contributed by atoms with Gasteiger partial charge in [-0.05, 0) is 44.7 Å². The second kappa shape index (κ2) is 6.34. The van der Waals surface area contributed by atoms with Gasteiger partial charge in [-0.25, -0.2) is 0 Å². The smallest absolute Gasteiger partial charge is 0.264 e. The first-order valence-electron chi connectivity index (χ1n) is 6.76. The molecule has 1 fully saturated rings. The summed E-state index contributed by atoms with van der Waals surface area (Å²) < 4.78 is 0. The van der Waals surface area contributed by atoms with Crippen LogP contribution in [0, 0.1) is 0 Å². The zero-order valence-electron chi connectivity index (χ0n) is 11.2. The SMILES string of the molecule is CC(C)N(CC1CCCCN1)C(=O)c1cccs1. The third kappa shape index (κ3) is 3.33. The number of hydrogen-bond acceptors (Lipinski definition) is 3. The van der Waals surface area contributed by atoms with Crippen LogP contribution in [0.3, 0.4) is 0 Å². The van der Waals surface area contributed by atoms with Crippen molar-refractivity contribution in [1.29, 1.82) is 0 Å². The topological polar surface area (TPSA) is 32.3 Å². The average molecular weight is 266 g/mol. The molecule has 1 aliphatic heterocycles. The van der Waals surface area contributed by atoms with Crippen LogP contribution in [0.25, 0.3) is 0 Å². The molecule has 2 heterocycles. The molecule has 1 aromatic rings. The second-order valence-electron chi connectivity index (χ2n) is 5.18. The van der Waals surface area contributed by atoms with Gasteiger partial charge in [0, 0.05) is 18.6 Å². The summed E-state index contributed by atoms with van der Waals surface area (Å²) >= 11 is 1.53. The average Bonchev–Trinajstić information content (AvgIpc) is 2.90. The summed E-state index contributed by atoms with van der Waals surface area (Å²) in [5.74, 6) is 0.173. The van der Waals surface area contributed by atoms with Crippen LogP contribution >= 0.6 is 11.3 Å². The van der Waals surface area contributed by atoms with Crippen molar-refractivity contribution < 1.29 is 4.79 Å². The maximum Gasteiger partial charge on any atom is 0.264 e. The molecule has 1 atom stereocenters. The van der Waals surface area contributed by atoms with E-state index in [4.69, 9.17) is 0 Å². The van der Waals surface area contributed by atoms with Crippen LogP contribution in [-0.4, -0.2) is 36.0 Å². The minimum absolute atomic E-state index is 0.173. The van der Waals surface area contributed by atoms with Crippen LogP contribution in [-0.2, 0) is 0 Å². The van der Waals surface area contributed by atoms with Gasteiger partial charge in [-0.1, -0.05) is 12.5 Å². The predicted molar refractivity (Wildman–Crippen MR) is 76.1 cm³/mol. The molecule has 0 radical (unpaired) electrons. The summed E-state index contributed by atoms with van der Waals surface area (Å²) in [6.45, 7) is 6.10. The zero-order chi connectivity index (χ0) is 13.0. The molecule has 1 unspecified atom stereocenters. The minimum Gasteiger partial charge on any atom is -0.334 e. The maximum absolute atomic E-state index is 12.4. The van der Waals surface area contributed by atoms with Crippen LogP contribution in [0.4, 0.5) is 0 Å². The van der Waals surface area contributed by atoms with Crippen molar-refractivity contribution in [2.75, 3.05) is 13.1 Å². The van der Waals surface area contributed by atoms with Gasteiger partial charge in [0.05, 0.1) is 4.88 Å². The van der Waals surface area contributed by atoms with E-state index in [9.17, 15) is 4.79 Å². The summed E-state index contributed by atoms with van der Waals surface area (Å²) in [4.78, 5) is 15.3. The standard InChI is InChI=1S/C14H22N2OS/c1-11(2)16(10-12-6-3-4-8-15-12)14(17)13-7-5-9-18-13/h5,7,9,11-12,15H,3-4,6,8,10H2,1-2H3. The van der Waals surface area contributed by atoms with Crippen LogP contribution in [0.15, 0.2) is 17.5 Å². The van der Waals surface area contributed by atoms with Crippen LogP contribution in [0.2, 0.25) is 0 Å². The molecule has 18 heavy (non-hydrogen) atoms. The normalized spacial score (nSPS) is 20.1. The number of rotatable bonds is 4. The van der Waals surface area contributed by atoms with Gasteiger partial charge in [0.2, 0.25) is 0 Å². The number of nitrogens with one attached hydrogen (secondary N) is 1. The Bertz CT molecular complexity index is 369. The first-order valence-corrected chi connectivity index (χ1v) is 7.64. The highest BCUT2D eigenvalue weighted by atomic mass is 32.1. The Hall–Kier alpha value is -0.870. The summed E-state index contributed by atoms with van der Waals surface area (Å²) in [5, 5.41) is 5.48. The molecule has 2 rings (SSSR count). The number of nitrogens with zero attached hydrogens (tertiary/aromatic N) is 1. The largest absolute Gasteiger partial charge is 0.334 e.